The summed E-state index contributed by atoms with van der Waals surface area (Å²) in [6.45, 7) is 5.08. The third-order valence-electron chi connectivity index (χ3n) is 6.28. The summed E-state index contributed by atoms with van der Waals surface area (Å²) in [4.78, 5) is 28.6. The molecule has 162 valence electrons. The van der Waals surface area contributed by atoms with Crippen LogP contribution in [0.25, 0.3) is 11.0 Å². The van der Waals surface area contributed by atoms with Crippen LogP contribution in [0.3, 0.4) is 0 Å². The molecule has 2 N–H and O–H groups in total. The molecule has 0 aromatic carbocycles. The minimum absolute atomic E-state index is 0.0391. The molecule has 0 radical (unpaired) electrons. The first-order valence-corrected chi connectivity index (χ1v) is 10.7. The average molecular weight is 415 g/mol. The fraction of sp³-hybridized carbons (Fsp3) is 0.591. The van der Waals surface area contributed by atoms with Crippen LogP contribution < -0.4 is 5.32 Å². The highest BCUT2D eigenvalue weighted by Crippen LogP contribution is 2.56. The first kappa shape index (κ1) is 20.8. The van der Waals surface area contributed by atoms with Crippen LogP contribution in [0, 0.1) is 0 Å². The van der Waals surface area contributed by atoms with E-state index in [0.29, 0.717) is 24.4 Å². The molecule has 1 unspecified atom stereocenters. The molecule has 30 heavy (non-hydrogen) atoms. The molecule has 0 bridgehead atoms. The second-order valence-corrected chi connectivity index (χ2v) is 9.15. The van der Waals surface area contributed by atoms with Crippen molar-refractivity contribution in [2.75, 3.05) is 32.5 Å². The van der Waals surface area contributed by atoms with Crippen molar-refractivity contribution in [3.8, 4) is 0 Å². The number of likely N-dealkylation sites (tertiary alicyclic amines) is 1. The molecule has 1 aliphatic carbocycles. The number of hydrogen-bond donors (Lipinski definition) is 2. The smallest absolute Gasteiger partial charge is 0.246 e. The van der Waals surface area contributed by atoms with Gasteiger partial charge >= 0.3 is 0 Å². The van der Waals surface area contributed by atoms with Crippen LogP contribution >= 0.6 is 0 Å². The predicted molar refractivity (Wildman–Crippen MR) is 116 cm³/mol. The second kappa shape index (κ2) is 7.98. The number of fused-ring (bicyclic) bond motifs is 1. The number of likely N-dealkylation sites (N-methyl/N-ethyl adjacent to an activating group) is 1. The standard InChI is InChI=1S/C22H31FN6O/c1-14-7-8-15(12-29(14)18(30)6-5-9-28(3)4)27-21-19-16(17-10-22(17,2)23)11-24-20(19)25-13-26-21/h5-6,11,13-15,17H,7-10,12H2,1-4H3,(H2,24,25,26,27)/b6-5+/t14-,15+,17-,22?/m0/s1. The van der Waals surface area contributed by atoms with Gasteiger partial charge in [-0.05, 0) is 52.8 Å². The normalized spacial score (nSPS) is 29.1. The van der Waals surface area contributed by atoms with Crippen LogP contribution in [0.15, 0.2) is 24.7 Å². The van der Waals surface area contributed by atoms with Crippen molar-refractivity contribution in [1.29, 1.82) is 0 Å². The fourth-order valence-electron chi connectivity index (χ4n) is 4.33. The maximum absolute atomic E-state index is 14.4. The number of piperidine rings is 1. The number of alkyl halides is 1. The summed E-state index contributed by atoms with van der Waals surface area (Å²) in [6.07, 6.45) is 9.33. The number of anilines is 1. The third-order valence-corrected chi connectivity index (χ3v) is 6.28. The van der Waals surface area contributed by atoms with Crippen molar-refractivity contribution in [3.05, 3.63) is 30.2 Å². The minimum Gasteiger partial charge on any atom is -0.365 e. The van der Waals surface area contributed by atoms with E-state index in [1.165, 1.54) is 6.33 Å². The topological polar surface area (TPSA) is 77.1 Å². The van der Waals surface area contributed by atoms with E-state index in [1.54, 1.807) is 13.0 Å². The van der Waals surface area contributed by atoms with Gasteiger partial charge in [-0.1, -0.05) is 6.08 Å². The monoisotopic (exact) mass is 414 g/mol. The van der Waals surface area contributed by atoms with Crippen molar-refractivity contribution in [1.82, 2.24) is 24.8 Å². The molecule has 2 fully saturated rings. The highest BCUT2D eigenvalue weighted by atomic mass is 19.1. The van der Waals surface area contributed by atoms with E-state index in [2.05, 4.69) is 27.2 Å². The number of nitrogens with zero attached hydrogens (tertiary/aromatic N) is 4. The Labute approximate surface area is 176 Å². The lowest BCUT2D eigenvalue weighted by molar-refractivity contribution is -0.129. The van der Waals surface area contributed by atoms with Gasteiger partial charge in [0.05, 0.1) is 5.39 Å². The lowest BCUT2D eigenvalue weighted by Crippen LogP contribution is -2.49. The molecular weight excluding hydrogens is 383 g/mol. The number of carbonyl (C=O) groups excluding carboxylic acids is 1. The van der Waals surface area contributed by atoms with Crippen LogP contribution in [0.5, 0.6) is 0 Å². The van der Waals surface area contributed by atoms with Crippen molar-refractivity contribution in [2.45, 2.75) is 56.8 Å². The minimum atomic E-state index is -1.16. The molecule has 2 aromatic heterocycles. The summed E-state index contributed by atoms with van der Waals surface area (Å²) in [5, 5.41) is 4.39. The Balaban J connectivity index is 1.50. The molecule has 8 heteroatoms. The number of H-pyrrole nitrogens is 1. The summed E-state index contributed by atoms with van der Waals surface area (Å²) >= 11 is 0. The quantitative estimate of drug-likeness (QED) is 0.711. The maximum atomic E-state index is 14.4. The van der Waals surface area contributed by atoms with E-state index < -0.39 is 5.67 Å². The van der Waals surface area contributed by atoms with E-state index in [-0.39, 0.29) is 23.9 Å². The Kier molecular flexibility index (Phi) is 5.53. The Morgan fingerprint density at radius 3 is 2.90 bits per heavy atom. The Morgan fingerprint density at radius 1 is 1.43 bits per heavy atom. The third kappa shape index (κ3) is 4.19. The molecular formula is C22H31FN6O. The molecule has 7 nitrogen and oxygen atoms in total. The van der Waals surface area contributed by atoms with Gasteiger partial charge in [0.25, 0.3) is 0 Å². The fourth-order valence-corrected chi connectivity index (χ4v) is 4.33. The van der Waals surface area contributed by atoms with Crippen LogP contribution in [-0.4, -0.2) is 75.6 Å². The summed E-state index contributed by atoms with van der Waals surface area (Å²) in [5.41, 5.74) is 0.487. The van der Waals surface area contributed by atoms with Gasteiger partial charge in [-0.15, -0.1) is 0 Å². The highest BCUT2D eigenvalue weighted by Gasteiger charge is 2.53. The molecule has 4 rings (SSSR count). The van der Waals surface area contributed by atoms with Crippen molar-refractivity contribution in [3.63, 3.8) is 0 Å². The Bertz CT molecular complexity index is 952. The Morgan fingerprint density at radius 2 is 2.20 bits per heavy atom. The number of aromatic nitrogens is 3. The van der Waals surface area contributed by atoms with Crippen molar-refractivity contribution < 1.29 is 9.18 Å². The summed E-state index contributed by atoms with van der Waals surface area (Å²) < 4.78 is 14.4. The molecule has 1 amide bonds. The molecule has 0 spiro atoms. The zero-order valence-electron chi connectivity index (χ0n) is 18.2. The highest BCUT2D eigenvalue weighted by molar-refractivity contribution is 5.91. The SMILES string of the molecule is C[C@H]1CC[C@@H](Nc2ncnc3[nH]cc([C@@H]4CC4(C)F)c23)CN1C(=O)/C=C/CN(C)C. The van der Waals surface area contributed by atoms with Gasteiger partial charge in [0.1, 0.15) is 23.5 Å². The molecule has 4 atom stereocenters. The number of hydrogen-bond acceptors (Lipinski definition) is 5. The number of carbonyl (C=O) groups is 1. The van der Waals surface area contributed by atoms with E-state index in [0.717, 1.165) is 30.3 Å². The lowest BCUT2D eigenvalue weighted by Gasteiger charge is -2.38. The van der Waals surface area contributed by atoms with Gasteiger partial charge in [0, 0.05) is 43.4 Å². The van der Waals surface area contributed by atoms with E-state index in [1.807, 2.05) is 36.2 Å². The summed E-state index contributed by atoms with van der Waals surface area (Å²) in [7, 11) is 3.95. The van der Waals surface area contributed by atoms with Gasteiger partial charge < -0.3 is 20.1 Å². The molecule has 1 aliphatic heterocycles. The molecule has 1 saturated heterocycles. The number of rotatable bonds is 6. The van der Waals surface area contributed by atoms with E-state index >= 15 is 0 Å². The Hall–Kier alpha value is -2.48. The lowest BCUT2D eigenvalue weighted by atomic mass is 9.98. The zero-order valence-corrected chi connectivity index (χ0v) is 18.2. The number of halogens is 1. The maximum Gasteiger partial charge on any atom is 0.246 e. The summed E-state index contributed by atoms with van der Waals surface area (Å²) in [6, 6.07) is 0.288. The van der Waals surface area contributed by atoms with Gasteiger partial charge in [-0.2, -0.15) is 0 Å². The number of amides is 1. The number of aromatic amines is 1. The van der Waals surface area contributed by atoms with Crippen LogP contribution in [0.1, 0.15) is 44.6 Å². The molecule has 3 heterocycles. The van der Waals surface area contributed by atoms with Crippen LogP contribution in [-0.2, 0) is 4.79 Å². The van der Waals surface area contributed by atoms with Crippen LogP contribution in [0.4, 0.5) is 10.2 Å². The predicted octanol–water partition coefficient (Wildman–Crippen LogP) is 3.08. The largest absolute Gasteiger partial charge is 0.365 e. The van der Waals surface area contributed by atoms with E-state index in [4.69, 9.17) is 0 Å². The van der Waals surface area contributed by atoms with Crippen LogP contribution in [0.2, 0.25) is 0 Å². The van der Waals surface area contributed by atoms with Gasteiger partial charge in [-0.3, -0.25) is 4.79 Å². The first-order valence-electron chi connectivity index (χ1n) is 10.7. The summed E-state index contributed by atoms with van der Waals surface area (Å²) in [5.74, 6) is 0.635. The average Bonchev–Trinajstić information content (AvgIpc) is 3.11. The zero-order chi connectivity index (χ0) is 21.5. The number of nitrogens with one attached hydrogen (secondary N) is 2. The van der Waals surface area contributed by atoms with Crippen molar-refractivity contribution in [2.24, 2.45) is 0 Å². The molecule has 1 saturated carbocycles. The van der Waals surface area contributed by atoms with Gasteiger partial charge in [-0.25, -0.2) is 14.4 Å². The molecule has 2 aliphatic rings. The van der Waals surface area contributed by atoms with Gasteiger partial charge in [0.15, 0.2) is 0 Å². The van der Waals surface area contributed by atoms with Crippen molar-refractivity contribution >= 4 is 22.8 Å². The second-order valence-electron chi connectivity index (χ2n) is 9.15. The van der Waals surface area contributed by atoms with Gasteiger partial charge in [0.2, 0.25) is 5.91 Å². The van der Waals surface area contributed by atoms with E-state index in [9.17, 15) is 9.18 Å². The first-order chi connectivity index (χ1) is 14.3. The molecule has 2 aromatic rings.